The van der Waals surface area contributed by atoms with Crippen molar-refractivity contribution in [2.24, 2.45) is 7.05 Å². The molecule has 3 aromatic carbocycles. The molecule has 0 saturated heterocycles. The number of aliphatic hydroxyl groups excluding tert-OH is 1. The Labute approximate surface area is 204 Å². The number of anilines is 1. The normalized spacial score (nSPS) is 11.5. The highest BCUT2D eigenvalue weighted by molar-refractivity contribution is 6.06. The monoisotopic (exact) mass is 466 g/mol. The molecule has 1 N–H and O–H groups in total. The van der Waals surface area contributed by atoms with Crippen LogP contribution in [0.3, 0.4) is 0 Å². The van der Waals surface area contributed by atoms with Crippen molar-refractivity contribution < 1.29 is 14.6 Å². The maximum atomic E-state index is 13.2. The second kappa shape index (κ2) is 10.7. The van der Waals surface area contributed by atoms with Gasteiger partial charge in [-0.1, -0.05) is 30.3 Å². The van der Waals surface area contributed by atoms with Crippen molar-refractivity contribution in [1.29, 1.82) is 5.26 Å². The molecule has 4 aromatic rings. The lowest BCUT2D eigenvalue weighted by Crippen LogP contribution is -2.30. The molecular weight excluding hydrogens is 440 g/mol. The minimum Gasteiger partial charge on any atom is -0.456 e. The quantitative estimate of drug-likeness (QED) is 0.393. The first-order valence-electron chi connectivity index (χ1n) is 11.3. The van der Waals surface area contributed by atoms with E-state index in [-0.39, 0.29) is 5.91 Å². The van der Waals surface area contributed by atoms with Crippen LogP contribution in [0.2, 0.25) is 0 Å². The van der Waals surface area contributed by atoms with E-state index in [4.69, 9.17) is 4.74 Å². The van der Waals surface area contributed by atoms with Gasteiger partial charge in [0.1, 0.15) is 17.6 Å². The SMILES string of the molecule is CCN(C(=O)c1cccc(Oc2cc(CC(O)c3cncn3C)ccc2C#N)c1)c1ccccc1. The third kappa shape index (κ3) is 5.40. The van der Waals surface area contributed by atoms with Crippen LogP contribution >= 0.6 is 0 Å². The highest BCUT2D eigenvalue weighted by atomic mass is 16.5. The zero-order chi connectivity index (χ0) is 24.8. The van der Waals surface area contributed by atoms with Crippen LogP contribution in [-0.2, 0) is 13.5 Å². The highest BCUT2D eigenvalue weighted by Gasteiger charge is 2.18. The molecule has 1 atom stereocenters. The lowest BCUT2D eigenvalue weighted by atomic mass is 10.0. The van der Waals surface area contributed by atoms with Crippen molar-refractivity contribution in [3.63, 3.8) is 0 Å². The van der Waals surface area contributed by atoms with Crippen molar-refractivity contribution in [2.45, 2.75) is 19.4 Å². The molecule has 0 spiro atoms. The number of rotatable bonds is 8. The fraction of sp³-hybridized carbons (Fsp3) is 0.179. The summed E-state index contributed by atoms with van der Waals surface area (Å²) in [6, 6.07) is 23.8. The summed E-state index contributed by atoms with van der Waals surface area (Å²) in [7, 11) is 1.82. The summed E-state index contributed by atoms with van der Waals surface area (Å²) in [6.45, 7) is 2.45. The van der Waals surface area contributed by atoms with E-state index in [1.807, 2.05) is 44.3 Å². The number of imidazole rings is 1. The van der Waals surface area contributed by atoms with Gasteiger partial charge in [0.25, 0.3) is 5.91 Å². The summed E-state index contributed by atoms with van der Waals surface area (Å²) in [6.07, 6.45) is 2.85. The Hall–Kier alpha value is -4.41. The number of aliphatic hydroxyl groups is 1. The van der Waals surface area contributed by atoms with Gasteiger partial charge in [0.05, 0.1) is 29.9 Å². The van der Waals surface area contributed by atoms with Gasteiger partial charge in [-0.3, -0.25) is 4.79 Å². The van der Waals surface area contributed by atoms with Crippen LogP contribution in [0, 0.1) is 11.3 Å². The Kier molecular flexibility index (Phi) is 7.24. The molecule has 35 heavy (non-hydrogen) atoms. The van der Waals surface area contributed by atoms with E-state index >= 15 is 0 Å². The van der Waals surface area contributed by atoms with E-state index in [1.165, 1.54) is 0 Å². The molecule has 0 aliphatic heterocycles. The summed E-state index contributed by atoms with van der Waals surface area (Å²) in [4.78, 5) is 18.9. The molecule has 1 unspecified atom stereocenters. The summed E-state index contributed by atoms with van der Waals surface area (Å²) in [5.41, 5.74) is 3.16. The molecule has 4 rings (SSSR count). The van der Waals surface area contributed by atoms with E-state index in [9.17, 15) is 15.2 Å². The predicted molar refractivity (Wildman–Crippen MR) is 133 cm³/mol. The van der Waals surface area contributed by atoms with E-state index in [1.54, 1.807) is 64.5 Å². The minimum atomic E-state index is -0.748. The van der Waals surface area contributed by atoms with Gasteiger partial charge < -0.3 is 19.3 Å². The summed E-state index contributed by atoms with van der Waals surface area (Å²) in [5, 5.41) is 20.2. The van der Waals surface area contributed by atoms with Crippen LogP contribution < -0.4 is 9.64 Å². The second-order valence-corrected chi connectivity index (χ2v) is 8.11. The molecule has 7 heteroatoms. The fourth-order valence-electron chi connectivity index (χ4n) is 3.91. The number of amides is 1. The number of hydrogen-bond acceptors (Lipinski definition) is 5. The summed E-state index contributed by atoms with van der Waals surface area (Å²) < 4.78 is 7.82. The van der Waals surface area contributed by atoms with Gasteiger partial charge in [0, 0.05) is 31.3 Å². The molecule has 0 radical (unpaired) electrons. The van der Waals surface area contributed by atoms with E-state index in [0.717, 1.165) is 11.3 Å². The Morgan fingerprint density at radius 3 is 2.63 bits per heavy atom. The number of carbonyl (C=O) groups is 1. The van der Waals surface area contributed by atoms with E-state index in [0.29, 0.717) is 41.3 Å². The molecule has 1 aromatic heterocycles. The van der Waals surface area contributed by atoms with Gasteiger partial charge in [-0.15, -0.1) is 0 Å². The molecule has 0 saturated carbocycles. The van der Waals surface area contributed by atoms with Crippen molar-refractivity contribution >= 4 is 11.6 Å². The maximum absolute atomic E-state index is 13.2. The Morgan fingerprint density at radius 2 is 1.94 bits per heavy atom. The zero-order valence-electron chi connectivity index (χ0n) is 19.6. The summed E-state index contributed by atoms with van der Waals surface area (Å²) in [5.74, 6) is 0.667. The molecule has 0 aliphatic carbocycles. The van der Waals surface area contributed by atoms with Crippen LogP contribution in [0.1, 0.15) is 40.2 Å². The first kappa shape index (κ1) is 23.7. The highest BCUT2D eigenvalue weighted by Crippen LogP contribution is 2.29. The Morgan fingerprint density at radius 1 is 1.14 bits per heavy atom. The van der Waals surface area contributed by atoms with Crippen LogP contribution in [0.25, 0.3) is 0 Å². The molecular formula is C28H26N4O3. The maximum Gasteiger partial charge on any atom is 0.258 e. The Balaban J connectivity index is 1.56. The predicted octanol–water partition coefficient (Wildman–Crippen LogP) is 5.03. The number of benzene rings is 3. The zero-order valence-corrected chi connectivity index (χ0v) is 19.6. The van der Waals surface area contributed by atoms with Crippen LogP contribution in [0.4, 0.5) is 5.69 Å². The number of para-hydroxylation sites is 1. The number of carbonyl (C=O) groups excluding carboxylic acids is 1. The van der Waals surface area contributed by atoms with Crippen LogP contribution in [0.15, 0.2) is 85.3 Å². The van der Waals surface area contributed by atoms with Gasteiger partial charge >= 0.3 is 0 Å². The second-order valence-electron chi connectivity index (χ2n) is 8.11. The third-order valence-electron chi connectivity index (χ3n) is 5.73. The lowest BCUT2D eigenvalue weighted by molar-refractivity contribution is 0.0988. The molecule has 0 bridgehead atoms. The van der Waals surface area contributed by atoms with Crippen LogP contribution in [0.5, 0.6) is 11.5 Å². The van der Waals surface area contributed by atoms with Crippen molar-refractivity contribution in [3.05, 3.63) is 108 Å². The van der Waals surface area contributed by atoms with E-state index in [2.05, 4.69) is 11.1 Å². The molecule has 1 heterocycles. The van der Waals surface area contributed by atoms with Gasteiger partial charge in [-0.25, -0.2) is 4.98 Å². The summed E-state index contributed by atoms with van der Waals surface area (Å²) >= 11 is 0. The number of nitriles is 1. The first-order chi connectivity index (χ1) is 17.0. The Bertz CT molecular complexity index is 1360. The van der Waals surface area contributed by atoms with E-state index < -0.39 is 6.10 Å². The number of ether oxygens (including phenoxy) is 1. The fourth-order valence-corrected chi connectivity index (χ4v) is 3.91. The molecule has 176 valence electrons. The minimum absolute atomic E-state index is 0.141. The smallest absolute Gasteiger partial charge is 0.258 e. The topological polar surface area (TPSA) is 91.4 Å². The molecule has 7 nitrogen and oxygen atoms in total. The van der Waals surface area contributed by atoms with Crippen molar-refractivity contribution in [1.82, 2.24) is 9.55 Å². The largest absolute Gasteiger partial charge is 0.456 e. The number of aryl methyl sites for hydroxylation is 1. The average molecular weight is 467 g/mol. The number of aromatic nitrogens is 2. The van der Waals surface area contributed by atoms with Crippen LogP contribution in [-0.4, -0.2) is 27.1 Å². The third-order valence-corrected chi connectivity index (χ3v) is 5.73. The van der Waals surface area contributed by atoms with Gasteiger partial charge in [-0.05, 0) is 55.0 Å². The molecule has 1 amide bonds. The first-order valence-corrected chi connectivity index (χ1v) is 11.3. The van der Waals surface area contributed by atoms with Gasteiger partial charge in [0.15, 0.2) is 0 Å². The molecule has 0 aliphatic rings. The van der Waals surface area contributed by atoms with Gasteiger partial charge in [-0.2, -0.15) is 5.26 Å². The lowest BCUT2D eigenvalue weighted by Gasteiger charge is -2.21. The number of nitrogens with zero attached hydrogens (tertiary/aromatic N) is 4. The molecule has 0 fully saturated rings. The van der Waals surface area contributed by atoms with Gasteiger partial charge in [0.2, 0.25) is 0 Å². The standard InChI is InChI=1S/C28H26N4O3/c1-3-32(23-9-5-4-6-10-23)28(34)21-8-7-11-24(16-21)35-27-15-20(12-13-22(27)17-29)14-26(33)25-18-30-19-31(25)2/h4-13,15-16,18-19,26,33H,3,14H2,1-2H3. The average Bonchev–Trinajstić information content (AvgIpc) is 3.31. The van der Waals surface area contributed by atoms with Crippen molar-refractivity contribution in [2.75, 3.05) is 11.4 Å². The van der Waals surface area contributed by atoms with Crippen molar-refractivity contribution in [3.8, 4) is 17.6 Å². The number of hydrogen-bond donors (Lipinski definition) is 1.